The van der Waals surface area contributed by atoms with Gasteiger partial charge in [-0.05, 0) is 43.4 Å². The highest BCUT2D eigenvalue weighted by molar-refractivity contribution is 6.06. The fourth-order valence-corrected chi connectivity index (χ4v) is 3.89. The Morgan fingerprint density at radius 1 is 1.16 bits per heavy atom. The highest BCUT2D eigenvalue weighted by atomic mass is 16.6. The molecule has 0 atom stereocenters. The van der Waals surface area contributed by atoms with E-state index in [2.05, 4.69) is 5.32 Å². The number of nitrogens with zero attached hydrogens (tertiary/aromatic N) is 2. The number of ether oxygens (including phenoxy) is 2. The molecule has 9 heteroatoms. The molecule has 0 radical (unpaired) electrons. The Hall–Kier alpha value is -4.01. The number of non-ortho nitro benzene ring substituents is 1. The first-order valence-electron chi connectivity index (χ1n) is 10.2. The number of hydrogen-bond donors (Lipinski definition) is 1. The zero-order valence-electron chi connectivity index (χ0n) is 17.4. The van der Waals surface area contributed by atoms with E-state index in [1.54, 1.807) is 0 Å². The van der Waals surface area contributed by atoms with Gasteiger partial charge in [-0.1, -0.05) is 18.2 Å². The number of nitro groups is 1. The standard InChI is InChI=1S/C23H21N3O6/c1-31-20-12-14(26(29)30)10-11-19(20)25-21(27)13-32-23(28)22-15-6-2-4-8-17(15)24-18-9-5-3-7-16(18)22/h2,4,6,8,10-12H,3,5,7,9,13H2,1H3,(H,25,27). The SMILES string of the molecule is COc1cc([N+](=O)[O-])ccc1NC(=O)COC(=O)c1c2c(nc3ccccc13)CCCC2. The minimum atomic E-state index is -0.585. The maximum absolute atomic E-state index is 13.0. The Labute approximate surface area is 183 Å². The first-order chi connectivity index (χ1) is 15.5. The van der Waals surface area contributed by atoms with Crippen molar-refractivity contribution in [2.75, 3.05) is 19.0 Å². The van der Waals surface area contributed by atoms with Crippen LogP contribution in [0.15, 0.2) is 42.5 Å². The molecule has 0 spiro atoms. The Morgan fingerprint density at radius 2 is 1.94 bits per heavy atom. The third-order valence-electron chi connectivity index (χ3n) is 5.38. The fourth-order valence-electron chi connectivity index (χ4n) is 3.89. The molecule has 0 fully saturated rings. The number of hydrogen-bond acceptors (Lipinski definition) is 7. The van der Waals surface area contributed by atoms with E-state index in [0.717, 1.165) is 42.5 Å². The number of carbonyl (C=O) groups is 2. The van der Waals surface area contributed by atoms with Crippen molar-refractivity contribution in [2.45, 2.75) is 25.7 Å². The van der Waals surface area contributed by atoms with E-state index < -0.39 is 23.4 Å². The number of aryl methyl sites for hydroxylation is 1. The molecule has 4 rings (SSSR count). The average molecular weight is 435 g/mol. The van der Waals surface area contributed by atoms with Crippen LogP contribution >= 0.6 is 0 Å². The molecule has 0 bridgehead atoms. The normalized spacial score (nSPS) is 12.7. The number of amides is 1. The monoisotopic (exact) mass is 435 g/mol. The van der Waals surface area contributed by atoms with Crippen LogP contribution in [0.4, 0.5) is 11.4 Å². The lowest BCUT2D eigenvalue weighted by Crippen LogP contribution is -2.23. The Kier molecular flexibility index (Phi) is 5.98. The van der Waals surface area contributed by atoms with Gasteiger partial charge in [0.1, 0.15) is 5.75 Å². The first kappa shape index (κ1) is 21.2. The Balaban J connectivity index is 1.52. The van der Waals surface area contributed by atoms with Crippen molar-refractivity contribution < 1.29 is 24.0 Å². The van der Waals surface area contributed by atoms with Crippen LogP contribution in [0.5, 0.6) is 5.75 Å². The van der Waals surface area contributed by atoms with Gasteiger partial charge in [-0.3, -0.25) is 19.9 Å². The number of aromatic nitrogens is 1. The van der Waals surface area contributed by atoms with Crippen molar-refractivity contribution in [1.82, 2.24) is 4.98 Å². The second-order valence-corrected chi connectivity index (χ2v) is 7.40. The van der Waals surface area contributed by atoms with Crippen LogP contribution < -0.4 is 10.1 Å². The molecule has 1 N–H and O–H groups in total. The molecule has 0 unspecified atom stereocenters. The summed E-state index contributed by atoms with van der Waals surface area (Å²) < 4.78 is 10.5. The van der Waals surface area contributed by atoms with E-state index in [9.17, 15) is 19.7 Å². The van der Waals surface area contributed by atoms with Crippen LogP contribution in [-0.2, 0) is 22.4 Å². The number of carbonyl (C=O) groups excluding carboxylic acids is 2. The number of para-hydroxylation sites is 1. The van der Waals surface area contributed by atoms with Crippen LogP contribution in [0.2, 0.25) is 0 Å². The number of nitrogens with one attached hydrogen (secondary N) is 1. The summed E-state index contributed by atoms with van der Waals surface area (Å²) in [4.78, 5) is 40.4. The third-order valence-corrected chi connectivity index (χ3v) is 5.38. The molecule has 1 heterocycles. The number of esters is 1. The van der Waals surface area contributed by atoms with Crippen molar-refractivity contribution in [1.29, 1.82) is 0 Å². The summed E-state index contributed by atoms with van der Waals surface area (Å²) in [6.07, 6.45) is 3.53. The van der Waals surface area contributed by atoms with Gasteiger partial charge in [0.05, 0.1) is 34.9 Å². The van der Waals surface area contributed by atoms with Crippen LogP contribution in [0.3, 0.4) is 0 Å². The zero-order valence-corrected chi connectivity index (χ0v) is 17.4. The molecule has 2 aromatic carbocycles. The molecular weight excluding hydrogens is 414 g/mol. The topological polar surface area (TPSA) is 121 Å². The number of benzene rings is 2. The van der Waals surface area contributed by atoms with Crippen LogP contribution in [0.1, 0.15) is 34.5 Å². The maximum Gasteiger partial charge on any atom is 0.339 e. The molecule has 1 amide bonds. The minimum absolute atomic E-state index is 0.132. The highest BCUT2D eigenvalue weighted by Crippen LogP contribution is 2.31. The van der Waals surface area contributed by atoms with Gasteiger partial charge >= 0.3 is 5.97 Å². The summed E-state index contributed by atoms with van der Waals surface area (Å²) >= 11 is 0. The number of nitro benzene ring substituents is 1. The van der Waals surface area contributed by atoms with Gasteiger partial charge in [0.25, 0.3) is 11.6 Å². The summed E-state index contributed by atoms with van der Waals surface area (Å²) in [6, 6.07) is 11.2. The lowest BCUT2D eigenvalue weighted by Gasteiger charge is -2.20. The van der Waals surface area contributed by atoms with E-state index in [1.807, 2.05) is 24.3 Å². The fraction of sp³-hybridized carbons (Fsp3) is 0.261. The summed E-state index contributed by atoms with van der Waals surface area (Å²) in [7, 11) is 1.34. The predicted octanol–water partition coefficient (Wildman–Crippen LogP) is 3.83. The summed E-state index contributed by atoms with van der Waals surface area (Å²) in [5, 5.41) is 14.2. The van der Waals surface area contributed by atoms with Crippen molar-refractivity contribution in [3.8, 4) is 5.75 Å². The Bertz CT molecular complexity index is 1220. The Morgan fingerprint density at radius 3 is 2.72 bits per heavy atom. The summed E-state index contributed by atoms with van der Waals surface area (Å²) in [6.45, 7) is -0.510. The summed E-state index contributed by atoms with van der Waals surface area (Å²) in [5.41, 5.74) is 3.05. The number of rotatable bonds is 6. The maximum atomic E-state index is 13.0. The number of fused-ring (bicyclic) bond motifs is 2. The van der Waals surface area contributed by atoms with E-state index in [-0.39, 0.29) is 17.1 Å². The van der Waals surface area contributed by atoms with Crippen molar-refractivity contribution in [3.63, 3.8) is 0 Å². The van der Waals surface area contributed by atoms with Gasteiger partial charge in [0.2, 0.25) is 0 Å². The van der Waals surface area contributed by atoms with Crippen molar-refractivity contribution in [3.05, 3.63) is 69.4 Å². The number of pyridine rings is 1. The van der Waals surface area contributed by atoms with E-state index >= 15 is 0 Å². The summed E-state index contributed by atoms with van der Waals surface area (Å²) in [5.74, 6) is -1.03. The van der Waals surface area contributed by atoms with E-state index in [4.69, 9.17) is 14.5 Å². The van der Waals surface area contributed by atoms with Gasteiger partial charge < -0.3 is 14.8 Å². The van der Waals surface area contributed by atoms with E-state index in [0.29, 0.717) is 10.9 Å². The molecule has 1 aliphatic carbocycles. The molecule has 32 heavy (non-hydrogen) atoms. The molecular formula is C23H21N3O6. The second-order valence-electron chi connectivity index (χ2n) is 7.40. The third kappa shape index (κ3) is 4.22. The highest BCUT2D eigenvalue weighted by Gasteiger charge is 2.24. The average Bonchev–Trinajstić information content (AvgIpc) is 2.81. The minimum Gasteiger partial charge on any atom is -0.494 e. The largest absolute Gasteiger partial charge is 0.494 e. The van der Waals surface area contributed by atoms with Crippen LogP contribution in [-0.4, -0.2) is 35.5 Å². The van der Waals surface area contributed by atoms with Crippen LogP contribution in [0, 0.1) is 10.1 Å². The molecule has 1 aromatic heterocycles. The quantitative estimate of drug-likeness (QED) is 0.355. The van der Waals surface area contributed by atoms with Crippen molar-refractivity contribution in [2.24, 2.45) is 0 Å². The molecule has 1 aliphatic rings. The van der Waals surface area contributed by atoms with Crippen molar-refractivity contribution >= 4 is 34.2 Å². The van der Waals surface area contributed by atoms with Gasteiger partial charge in [-0.15, -0.1) is 0 Å². The molecule has 3 aromatic rings. The van der Waals surface area contributed by atoms with Gasteiger partial charge in [-0.25, -0.2) is 4.79 Å². The molecule has 0 saturated carbocycles. The molecule has 9 nitrogen and oxygen atoms in total. The predicted molar refractivity (Wildman–Crippen MR) is 117 cm³/mol. The molecule has 0 aliphatic heterocycles. The molecule has 164 valence electrons. The van der Waals surface area contributed by atoms with Gasteiger partial charge in [-0.2, -0.15) is 0 Å². The van der Waals surface area contributed by atoms with Gasteiger partial charge in [0, 0.05) is 17.1 Å². The second kappa shape index (κ2) is 9.01. The van der Waals surface area contributed by atoms with Crippen LogP contribution in [0.25, 0.3) is 10.9 Å². The number of methoxy groups -OCH3 is 1. The molecule has 0 saturated heterocycles. The number of anilines is 1. The first-order valence-corrected chi connectivity index (χ1v) is 10.2. The lowest BCUT2D eigenvalue weighted by atomic mass is 9.90. The van der Waals surface area contributed by atoms with Gasteiger partial charge in [0.15, 0.2) is 6.61 Å². The lowest BCUT2D eigenvalue weighted by molar-refractivity contribution is -0.384. The smallest absolute Gasteiger partial charge is 0.339 e. The van der Waals surface area contributed by atoms with E-state index in [1.165, 1.54) is 25.3 Å². The zero-order chi connectivity index (χ0) is 22.7.